The van der Waals surface area contributed by atoms with Gasteiger partial charge in [-0.3, -0.25) is 4.79 Å². The van der Waals surface area contributed by atoms with E-state index in [4.69, 9.17) is 0 Å². The lowest BCUT2D eigenvalue weighted by molar-refractivity contribution is -0.121. The average Bonchev–Trinajstić information content (AvgIpc) is 2.90. The summed E-state index contributed by atoms with van der Waals surface area (Å²) in [6.07, 6.45) is 5.24. The SMILES string of the molecule is O=C(Cn1cncn1)NCCC1CCNC1. The molecule has 0 spiro atoms. The summed E-state index contributed by atoms with van der Waals surface area (Å²) in [7, 11) is 0. The molecule has 1 unspecified atom stereocenters. The molecule has 6 heteroatoms. The molecule has 1 saturated heterocycles. The number of amides is 1. The maximum atomic E-state index is 11.5. The van der Waals surface area contributed by atoms with Gasteiger partial charge in [-0.2, -0.15) is 5.10 Å². The molecule has 0 aromatic carbocycles. The van der Waals surface area contributed by atoms with Crippen LogP contribution in [0.25, 0.3) is 0 Å². The van der Waals surface area contributed by atoms with Crippen molar-refractivity contribution in [2.45, 2.75) is 19.4 Å². The lowest BCUT2D eigenvalue weighted by atomic mass is 10.1. The van der Waals surface area contributed by atoms with E-state index in [2.05, 4.69) is 20.7 Å². The van der Waals surface area contributed by atoms with Crippen molar-refractivity contribution < 1.29 is 4.79 Å². The summed E-state index contributed by atoms with van der Waals surface area (Å²) in [5.41, 5.74) is 0. The van der Waals surface area contributed by atoms with Crippen LogP contribution >= 0.6 is 0 Å². The van der Waals surface area contributed by atoms with Gasteiger partial charge in [0.2, 0.25) is 5.91 Å². The van der Waals surface area contributed by atoms with E-state index < -0.39 is 0 Å². The molecule has 1 aromatic rings. The van der Waals surface area contributed by atoms with Crippen LogP contribution in [-0.4, -0.2) is 40.3 Å². The van der Waals surface area contributed by atoms with Crippen LogP contribution in [-0.2, 0) is 11.3 Å². The Labute approximate surface area is 94.4 Å². The number of hydrogen-bond donors (Lipinski definition) is 2. The molecule has 2 rings (SSSR count). The third-order valence-corrected chi connectivity index (χ3v) is 2.81. The van der Waals surface area contributed by atoms with Crippen LogP contribution in [0.4, 0.5) is 0 Å². The van der Waals surface area contributed by atoms with Crippen LogP contribution in [0.3, 0.4) is 0 Å². The van der Waals surface area contributed by atoms with E-state index in [9.17, 15) is 4.79 Å². The van der Waals surface area contributed by atoms with Crippen LogP contribution in [0.15, 0.2) is 12.7 Å². The Bertz CT molecular complexity index is 318. The van der Waals surface area contributed by atoms with Crippen molar-refractivity contribution in [2.24, 2.45) is 5.92 Å². The molecule has 88 valence electrons. The van der Waals surface area contributed by atoms with Crippen molar-refractivity contribution >= 4 is 5.91 Å². The van der Waals surface area contributed by atoms with Gasteiger partial charge in [0.1, 0.15) is 19.2 Å². The van der Waals surface area contributed by atoms with Crippen LogP contribution in [0.2, 0.25) is 0 Å². The van der Waals surface area contributed by atoms with Gasteiger partial charge >= 0.3 is 0 Å². The van der Waals surface area contributed by atoms with Crippen molar-refractivity contribution in [3.63, 3.8) is 0 Å². The highest BCUT2D eigenvalue weighted by atomic mass is 16.2. The highest BCUT2D eigenvalue weighted by molar-refractivity contribution is 5.75. The van der Waals surface area contributed by atoms with Crippen molar-refractivity contribution in [1.29, 1.82) is 0 Å². The molecule has 1 amide bonds. The highest BCUT2D eigenvalue weighted by Gasteiger charge is 2.14. The first-order valence-corrected chi connectivity index (χ1v) is 5.64. The molecule has 16 heavy (non-hydrogen) atoms. The molecule has 1 aliphatic rings. The summed E-state index contributed by atoms with van der Waals surface area (Å²) in [5.74, 6) is 0.711. The van der Waals surface area contributed by atoms with Gasteiger partial charge in [0.25, 0.3) is 0 Å². The summed E-state index contributed by atoms with van der Waals surface area (Å²) < 4.78 is 1.52. The first-order valence-electron chi connectivity index (χ1n) is 5.64. The summed E-state index contributed by atoms with van der Waals surface area (Å²) in [5, 5.41) is 10.1. The van der Waals surface area contributed by atoms with Gasteiger partial charge in [0.15, 0.2) is 0 Å². The highest BCUT2D eigenvalue weighted by Crippen LogP contribution is 2.10. The molecule has 1 aromatic heterocycles. The topological polar surface area (TPSA) is 71.8 Å². The first-order chi connectivity index (χ1) is 7.84. The van der Waals surface area contributed by atoms with Crippen LogP contribution in [0, 0.1) is 5.92 Å². The predicted molar refractivity (Wildman–Crippen MR) is 58.6 cm³/mol. The molecule has 1 fully saturated rings. The molecule has 2 N–H and O–H groups in total. The van der Waals surface area contributed by atoms with E-state index >= 15 is 0 Å². The second kappa shape index (κ2) is 5.60. The molecule has 2 heterocycles. The van der Waals surface area contributed by atoms with E-state index in [-0.39, 0.29) is 12.5 Å². The Morgan fingerprint density at radius 2 is 2.56 bits per heavy atom. The number of carbonyl (C=O) groups is 1. The molecule has 0 bridgehead atoms. The monoisotopic (exact) mass is 223 g/mol. The summed E-state index contributed by atoms with van der Waals surface area (Å²) in [6, 6.07) is 0. The molecule has 1 aliphatic heterocycles. The Balaban J connectivity index is 1.60. The van der Waals surface area contributed by atoms with Crippen LogP contribution in [0.1, 0.15) is 12.8 Å². The smallest absolute Gasteiger partial charge is 0.241 e. The number of hydrogen-bond acceptors (Lipinski definition) is 4. The van der Waals surface area contributed by atoms with Crippen LogP contribution in [0.5, 0.6) is 0 Å². The summed E-state index contributed by atoms with van der Waals surface area (Å²) in [4.78, 5) is 15.3. The first kappa shape index (κ1) is 11.1. The lowest BCUT2D eigenvalue weighted by Crippen LogP contribution is -2.29. The number of nitrogens with one attached hydrogen (secondary N) is 2. The minimum absolute atomic E-state index is 0.00328. The maximum absolute atomic E-state index is 11.5. The van der Waals surface area contributed by atoms with Gasteiger partial charge in [0, 0.05) is 6.54 Å². The van der Waals surface area contributed by atoms with E-state index in [0.717, 1.165) is 26.1 Å². The molecular weight excluding hydrogens is 206 g/mol. The molecule has 6 nitrogen and oxygen atoms in total. The third-order valence-electron chi connectivity index (χ3n) is 2.81. The molecule has 0 saturated carbocycles. The normalized spacial score (nSPS) is 19.9. The molecule has 0 radical (unpaired) electrons. The zero-order chi connectivity index (χ0) is 11.2. The Morgan fingerprint density at radius 1 is 1.62 bits per heavy atom. The molecule has 0 aliphatic carbocycles. The number of aromatic nitrogens is 3. The molecule has 1 atom stereocenters. The summed E-state index contributed by atoms with van der Waals surface area (Å²) >= 11 is 0. The van der Waals surface area contributed by atoms with Gasteiger partial charge in [-0.05, 0) is 31.8 Å². The van der Waals surface area contributed by atoms with Crippen molar-refractivity contribution in [3.05, 3.63) is 12.7 Å². The third kappa shape index (κ3) is 3.30. The minimum Gasteiger partial charge on any atom is -0.354 e. The van der Waals surface area contributed by atoms with E-state index in [0.29, 0.717) is 5.92 Å². The predicted octanol–water partition coefficient (Wildman–Crippen LogP) is -0.606. The number of nitrogens with zero attached hydrogens (tertiary/aromatic N) is 3. The zero-order valence-electron chi connectivity index (χ0n) is 9.22. The largest absolute Gasteiger partial charge is 0.354 e. The second-order valence-electron chi connectivity index (χ2n) is 4.09. The number of rotatable bonds is 5. The fourth-order valence-corrected chi connectivity index (χ4v) is 1.89. The Morgan fingerprint density at radius 3 is 3.25 bits per heavy atom. The van der Waals surface area contributed by atoms with E-state index in [1.165, 1.54) is 17.4 Å². The maximum Gasteiger partial charge on any atom is 0.241 e. The van der Waals surface area contributed by atoms with Gasteiger partial charge in [-0.15, -0.1) is 0 Å². The van der Waals surface area contributed by atoms with Crippen molar-refractivity contribution in [2.75, 3.05) is 19.6 Å². The fourth-order valence-electron chi connectivity index (χ4n) is 1.89. The quantitative estimate of drug-likeness (QED) is 0.699. The minimum atomic E-state index is -0.00328. The lowest BCUT2D eigenvalue weighted by Gasteiger charge is -2.09. The standard InChI is InChI=1S/C10H17N5O/c16-10(6-15-8-12-7-14-15)13-4-2-9-1-3-11-5-9/h7-9,11H,1-6H2,(H,13,16). The number of carbonyl (C=O) groups excluding carboxylic acids is 1. The molecular formula is C10H17N5O. The second-order valence-corrected chi connectivity index (χ2v) is 4.09. The zero-order valence-corrected chi connectivity index (χ0v) is 9.22. The summed E-state index contributed by atoms with van der Waals surface area (Å²) in [6.45, 7) is 3.19. The van der Waals surface area contributed by atoms with E-state index in [1.807, 2.05) is 0 Å². The van der Waals surface area contributed by atoms with Crippen molar-refractivity contribution in [1.82, 2.24) is 25.4 Å². The van der Waals surface area contributed by atoms with Crippen LogP contribution < -0.4 is 10.6 Å². The average molecular weight is 223 g/mol. The van der Waals surface area contributed by atoms with Gasteiger partial charge in [-0.25, -0.2) is 9.67 Å². The van der Waals surface area contributed by atoms with Gasteiger partial charge < -0.3 is 10.6 Å². The fraction of sp³-hybridized carbons (Fsp3) is 0.700. The Hall–Kier alpha value is -1.43. The van der Waals surface area contributed by atoms with Crippen molar-refractivity contribution in [3.8, 4) is 0 Å². The Kier molecular flexibility index (Phi) is 3.87. The van der Waals surface area contributed by atoms with Gasteiger partial charge in [0.05, 0.1) is 0 Å². The van der Waals surface area contributed by atoms with E-state index in [1.54, 1.807) is 6.33 Å². The van der Waals surface area contributed by atoms with Gasteiger partial charge in [-0.1, -0.05) is 0 Å².